The quantitative estimate of drug-likeness (QED) is 0.648. The molecule has 0 heterocycles. The maximum absolute atomic E-state index is 9.70. The fraction of sp³-hybridized carbons (Fsp3) is 0.833. The van der Waals surface area contributed by atoms with Crippen LogP contribution in [0.25, 0.3) is 0 Å². The zero-order valence-electron chi connectivity index (χ0n) is 8.28. The summed E-state index contributed by atoms with van der Waals surface area (Å²) in [6.07, 6.45) is 13.3. The Labute approximate surface area is 80.8 Å². The van der Waals surface area contributed by atoms with Crippen molar-refractivity contribution in [2.24, 2.45) is 11.8 Å². The van der Waals surface area contributed by atoms with Crippen LogP contribution >= 0.6 is 0 Å². The van der Waals surface area contributed by atoms with Crippen LogP contribution in [-0.2, 0) is 0 Å². The van der Waals surface area contributed by atoms with Gasteiger partial charge in [-0.1, -0.05) is 18.6 Å². The molecule has 74 valence electrons. The molecular formula is C12H20O. The van der Waals surface area contributed by atoms with Crippen molar-refractivity contribution in [3.63, 3.8) is 0 Å². The fourth-order valence-corrected chi connectivity index (χ4v) is 2.79. The second kappa shape index (κ2) is 4.28. The number of aliphatic hydroxyl groups excluding tert-OH is 1. The van der Waals surface area contributed by atoms with Gasteiger partial charge in [-0.25, -0.2) is 0 Å². The van der Waals surface area contributed by atoms with Gasteiger partial charge in [-0.15, -0.1) is 0 Å². The molecule has 1 N–H and O–H groups in total. The zero-order chi connectivity index (χ0) is 9.10. The Bertz CT molecular complexity index is 186. The van der Waals surface area contributed by atoms with Crippen molar-refractivity contribution in [2.75, 3.05) is 0 Å². The van der Waals surface area contributed by atoms with Crippen molar-refractivity contribution in [1.29, 1.82) is 0 Å². The molecule has 1 fully saturated rings. The van der Waals surface area contributed by atoms with Gasteiger partial charge >= 0.3 is 0 Å². The molecule has 0 aromatic rings. The Morgan fingerprint density at radius 2 is 2.08 bits per heavy atom. The number of hydrogen-bond acceptors (Lipinski definition) is 1. The van der Waals surface area contributed by atoms with Gasteiger partial charge in [0, 0.05) is 0 Å². The van der Waals surface area contributed by atoms with Crippen LogP contribution in [0.4, 0.5) is 0 Å². The molecule has 1 heteroatoms. The SMILES string of the molecule is OC1CCCC1CC1CC=CCC1. The number of rotatable bonds is 2. The van der Waals surface area contributed by atoms with Gasteiger partial charge in [0.2, 0.25) is 0 Å². The van der Waals surface area contributed by atoms with E-state index in [0.717, 1.165) is 12.3 Å². The number of hydrogen-bond donors (Lipinski definition) is 1. The van der Waals surface area contributed by atoms with E-state index in [1.54, 1.807) is 0 Å². The third-order valence-electron chi connectivity index (χ3n) is 3.63. The summed E-state index contributed by atoms with van der Waals surface area (Å²) < 4.78 is 0. The van der Waals surface area contributed by atoms with Crippen molar-refractivity contribution in [3.8, 4) is 0 Å². The lowest BCUT2D eigenvalue weighted by molar-refractivity contribution is 0.116. The maximum Gasteiger partial charge on any atom is 0.0568 e. The molecule has 0 radical (unpaired) electrons. The average molecular weight is 180 g/mol. The molecular weight excluding hydrogens is 160 g/mol. The van der Waals surface area contributed by atoms with Crippen molar-refractivity contribution < 1.29 is 5.11 Å². The van der Waals surface area contributed by atoms with Crippen LogP contribution in [0.3, 0.4) is 0 Å². The van der Waals surface area contributed by atoms with Gasteiger partial charge in [-0.3, -0.25) is 0 Å². The topological polar surface area (TPSA) is 20.2 Å². The first kappa shape index (κ1) is 9.26. The van der Waals surface area contributed by atoms with Gasteiger partial charge in [0.25, 0.3) is 0 Å². The molecule has 1 saturated carbocycles. The largest absolute Gasteiger partial charge is 0.393 e. The smallest absolute Gasteiger partial charge is 0.0568 e. The Kier molecular flexibility index (Phi) is 3.05. The fourth-order valence-electron chi connectivity index (χ4n) is 2.79. The average Bonchev–Trinajstić information content (AvgIpc) is 2.54. The molecule has 2 aliphatic rings. The van der Waals surface area contributed by atoms with Crippen LogP contribution < -0.4 is 0 Å². The minimum atomic E-state index is 0.0194. The summed E-state index contributed by atoms with van der Waals surface area (Å²) in [6, 6.07) is 0. The minimum Gasteiger partial charge on any atom is -0.393 e. The lowest BCUT2D eigenvalue weighted by atomic mass is 9.84. The van der Waals surface area contributed by atoms with E-state index < -0.39 is 0 Å². The second-order valence-electron chi connectivity index (χ2n) is 4.64. The number of allylic oxidation sites excluding steroid dienone is 2. The minimum absolute atomic E-state index is 0.0194. The Hall–Kier alpha value is -0.300. The molecule has 0 bridgehead atoms. The van der Waals surface area contributed by atoms with Gasteiger partial charge < -0.3 is 5.11 Å². The van der Waals surface area contributed by atoms with Gasteiger partial charge in [-0.2, -0.15) is 0 Å². The summed E-state index contributed by atoms with van der Waals surface area (Å²) >= 11 is 0. The first-order chi connectivity index (χ1) is 6.36. The molecule has 0 amide bonds. The van der Waals surface area contributed by atoms with Crippen LogP contribution in [0.1, 0.15) is 44.9 Å². The molecule has 3 unspecified atom stereocenters. The molecule has 0 aromatic heterocycles. The predicted molar refractivity (Wildman–Crippen MR) is 54.4 cm³/mol. The molecule has 2 rings (SSSR count). The molecule has 0 aliphatic heterocycles. The highest BCUT2D eigenvalue weighted by atomic mass is 16.3. The summed E-state index contributed by atoms with van der Waals surface area (Å²) in [5, 5.41) is 9.70. The highest BCUT2D eigenvalue weighted by Gasteiger charge is 2.27. The summed E-state index contributed by atoms with van der Waals surface area (Å²) in [7, 11) is 0. The van der Waals surface area contributed by atoms with Gasteiger partial charge in [0.05, 0.1) is 6.10 Å². The summed E-state index contributed by atoms with van der Waals surface area (Å²) in [5.41, 5.74) is 0. The van der Waals surface area contributed by atoms with Crippen molar-refractivity contribution in [2.45, 2.75) is 51.0 Å². The molecule has 2 aliphatic carbocycles. The third-order valence-corrected chi connectivity index (χ3v) is 3.63. The van der Waals surface area contributed by atoms with E-state index in [1.165, 1.54) is 38.5 Å². The van der Waals surface area contributed by atoms with Crippen LogP contribution in [0.5, 0.6) is 0 Å². The molecule has 1 nitrogen and oxygen atoms in total. The first-order valence-corrected chi connectivity index (χ1v) is 5.69. The Balaban J connectivity index is 1.79. The summed E-state index contributed by atoms with van der Waals surface area (Å²) in [6.45, 7) is 0. The molecule has 0 saturated heterocycles. The zero-order valence-corrected chi connectivity index (χ0v) is 8.28. The molecule has 13 heavy (non-hydrogen) atoms. The standard InChI is InChI=1S/C12H20O/c13-12-8-4-7-11(12)9-10-5-2-1-3-6-10/h1-2,10-13H,3-9H2. The normalized spacial score (nSPS) is 39.6. The van der Waals surface area contributed by atoms with Gasteiger partial charge in [-0.05, 0) is 50.4 Å². The molecule has 0 spiro atoms. The van der Waals surface area contributed by atoms with Crippen LogP contribution in [0.15, 0.2) is 12.2 Å². The summed E-state index contributed by atoms with van der Waals surface area (Å²) in [5.74, 6) is 1.49. The van der Waals surface area contributed by atoms with Gasteiger partial charge in [0.15, 0.2) is 0 Å². The van der Waals surface area contributed by atoms with Crippen molar-refractivity contribution in [1.82, 2.24) is 0 Å². The van der Waals surface area contributed by atoms with Crippen molar-refractivity contribution >= 4 is 0 Å². The van der Waals surface area contributed by atoms with Crippen molar-refractivity contribution in [3.05, 3.63) is 12.2 Å². The van der Waals surface area contributed by atoms with Crippen LogP contribution in [0.2, 0.25) is 0 Å². The van der Waals surface area contributed by atoms with E-state index in [9.17, 15) is 5.11 Å². The highest BCUT2D eigenvalue weighted by molar-refractivity contribution is 4.91. The van der Waals surface area contributed by atoms with E-state index in [4.69, 9.17) is 0 Å². The predicted octanol–water partition coefficient (Wildman–Crippen LogP) is 2.89. The van der Waals surface area contributed by atoms with Gasteiger partial charge in [0.1, 0.15) is 0 Å². The van der Waals surface area contributed by atoms with Crippen LogP contribution in [0, 0.1) is 11.8 Å². The van der Waals surface area contributed by atoms with Crippen LogP contribution in [-0.4, -0.2) is 11.2 Å². The van der Waals surface area contributed by atoms with E-state index in [1.807, 2.05) is 0 Å². The lowest BCUT2D eigenvalue weighted by Gasteiger charge is -2.23. The molecule has 3 atom stereocenters. The second-order valence-corrected chi connectivity index (χ2v) is 4.64. The summed E-state index contributed by atoms with van der Waals surface area (Å²) in [4.78, 5) is 0. The third kappa shape index (κ3) is 2.34. The highest BCUT2D eigenvalue weighted by Crippen LogP contribution is 2.34. The maximum atomic E-state index is 9.70. The molecule has 0 aromatic carbocycles. The Morgan fingerprint density at radius 1 is 1.15 bits per heavy atom. The number of aliphatic hydroxyl groups is 1. The Morgan fingerprint density at radius 3 is 2.69 bits per heavy atom. The monoisotopic (exact) mass is 180 g/mol. The van der Waals surface area contributed by atoms with E-state index in [2.05, 4.69) is 12.2 Å². The van der Waals surface area contributed by atoms with E-state index >= 15 is 0 Å². The van der Waals surface area contributed by atoms with E-state index in [-0.39, 0.29) is 6.10 Å². The van der Waals surface area contributed by atoms with E-state index in [0.29, 0.717) is 5.92 Å². The lowest BCUT2D eigenvalue weighted by Crippen LogP contribution is -2.17. The first-order valence-electron chi connectivity index (χ1n) is 5.69.